The largest absolute Gasteiger partial charge is 0.495 e. The molecule has 0 N–H and O–H groups in total. The fourth-order valence-electron chi connectivity index (χ4n) is 4.20. The third kappa shape index (κ3) is 4.45. The molecular weight excluding hydrogens is 710 g/mol. The number of carbonyl (C=O) groups excluding carboxylic acids is 1. The van der Waals surface area contributed by atoms with E-state index in [1.54, 1.807) is 37.7 Å². The van der Waals surface area contributed by atoms with Crippen molar-refractivity contribution in [1.29, 1.82) is 0 Å². The lowest BCUT2D eigenvalue weighted by Crippen LogP contribution is -2.39. The molecule has 0 bridgehead atoms. The van der Waals surface area contributed by atoms with Gasteiger partial charge in [0.25, 0.3) is 5.56 Å². The average Bonchev–Trinajstić information content (AvgIpc) is 3.42. The SMILES string of the molecule is CCOC(=O)C1=C(C)N=c2sc(=Cc3cc(I)c(OC)c(I)c3)c(=O)n2C1c1ccc2c(c1)OCO2. The van der Waals surface area contributed by atoms with Crippen LogP contribution in [0, 0.1) is 7.14 Å². The zero-order valence-corrected chi connectivity index (χ0v) is 24.6. The molecule has 0 saturated heterocycles. The van der Waals surface area contributed by atoms with Gasteiger partial charge in [0.1, 0.15) is 5.75 Å². The quantitative estimate of drug-likeness (QED) is 0.294. The third-order valence-electron chi connectivity index (χ3n) is 5.75. The number of aromatic nitrogens is 1. The Morgan fingerprint density at radius 3 is 2.64 bits per heavy atom. The highest BCUT2D eigenvalue weighted by atomic mass is 127. The summed E-state index contributed by atoms with van der Waals surface area (Å²) in [4.78, 5) is 32.0. The van der Waals surface area contributed by atoms with Gasteiger partial charge in [0.2, 0.25) is 6.79 Å². The summed E-state index contributed by atoms with van der Waals surface area (Å²) in [6, 6.07) is 8.63. The van der Waals surface area contributed by atoms with Crippen molar-refractivity contribution in [2.75, 3.05) is 20.5 Å². The number of nitrogens with zero attached hydrogens (tertiary/aromatic N) is 2. The Labute approximate surface area is 237 Å². The molecule has 8 nitrogen and oxygen atoms in total. The van der Waals surface area contributed by atoms with Gasteiger partial charge in [-0.05, 0) is 100 Å². The van der Waals surface area contributed by atoms with Gasteiger partial charge in [0.15, 0.2) is 16.3 Å². The standard InChI is InChI=1S/C25H20I2N2O6S/c1-4-33-24(31)20-12(2)28-25-29(21(20)14-5-6-17-18(10-14)35-11-34-17)23(30)19(36-25)9-13-7-15(26)22(32-3)16(27)8-13/h5-10,21H,4,11H2,1-3H3. The van der Waals surface area contributed by atoms with E-state index >= 15 is 0 Å². The number of methoxy groups -OCH3 is 1. The molecule has 11 heteroatoms. The number of halogens is 2. The highest BCUT2D eigenvalue weighted by Gasteiger charge is 2.34. The molecule has 0 saturated carbocycles. The summed E-state index contributed by atoms with van der Waals surface area (Å²) in [5, 5.41) is 0. The Morgan fingerprint density at radius 1 is 1.22 bits per heavy atom. The maximum atomic E-state index is 13.8. The monoisotopic (exact) mass is 730 g/mol. The van der Waals surface area contributed by atoms with Crippen molar-refractivity contribution >= 4 is 68.6 Å². The highest BCUT2D eigenvalue weighted by molar-refractivity contribution is 14.1. The molecule has 2 aliphatic rings. The smallest absolute Gasteiger partial charge is 0.338 e. The molecule has 3 aromatic rings. The number of rotatable bonds is 5. The van der Waals surface area contributed by atoms with Crippen molar-refractivity contribution in [1.82, 2.24) is 4.57 Å². The minimum absolute atomic E-state index is 0.126. The fraction of sp³-hybridized carbons (Fsp3) is 0.240. The molecule has 5 rings (SSSR count). The van der Waals surface area contributed by atoms with E-state index in [0.29, 0.717) is 37.7 Å². The number of carbonyl (C=O) groups is 1. The summed E-state index contributed by atoms with van der Waals surface area (Å²) in [6.45, 7) is 3.84. The molecule has 0 aliphatic carbocycles. The van der Waals surface area contributed by atoms with E-state index in [9.17, 15) is 9.59 Å². The number of hydrogen-bond donors (Lipinski definition) is 0. The predicted octanol–water partition coefficient (Wildman–Crippen LogP) is 3.74. The van der Waals surface area contributed by atoms with Gasteiger partial charge in [0, 0.05) is 0 Å². The summed E-state index contributed by atoms with van der Waals surface area (Å²) in [7, 11) is 1.64. The number of benzene rings is 2. The lowest BCUT2D eigenvalue weighted by Gasteiger charge is -2.24. The first-order chi connectivity index (χ1) is 17.3. The summed E-state index contributed by atoms with van der Waals surface area (Å²) >= 11 is 5.72. The first-order valence-electron chi connectivity index (χ1n) is 10.9. The first-order valence-corrected chi connectivity index (χ1v) is 13.9. The van der Waals surface area contributed by atoms with E-state index in [0.717, 1.165) is 18.5 Å². The lowest BCUT2D eigenvalue weighted by atomic mass is 9.95. The van der Waals surface area contributed by atoms with Crippen molar-refractivity contribution < 1.29 is 23.7 Å². The van der Waals surface area contributed by atoms with Crippen LogP contribution >= 0.6 is 56.5 Å². The average molecular weight is 730 g/mol. The molecule has 2 aliphatic heterocycles. The van der Waals surface area contributed by atoms with Gasteiger partial charge in [0.05, 0.1) is 42.7 Å². The minimum Gasteiger partial charge on any atom is -0.495 e. The van der Waals surface area contributed by atoms with Crippen LogP contribution in [0.5, 0.6) is 17.2 Å². The van der Waals surface area contributed by atoms with Crippen LogP contribution in [0.15, 0.2) is 51.4 Å². The van der Waals surface area contributed by atoms with Crippen LogP contribution in [0.25, 0.3) is 6.08 Å². The van der Waals surface area contributed by atoms with Crippen LogP contribution in [0.1, 0.15) is 31.0 Å². The summed E-state index contributed by atoms with van der Waals surface area (Å²) in [6.07, 6.45) is 1.84. The van der Waals surface area contributed by atoms with Gasteiger partial charge < -0.3 is 18.9 Å². The van der Waals surface area contributed by atoms with E-state index in [2.05, 4.69) is 50.2 Å². The second-order valence-electron chi connectivity index (χ2n) is 7.93. The van der Waals surface area contributed by atoms with Crippen LogP contribution in [0.3, 0.4) is 0 Å². The van der Waals surface area contributed by atoms with Crippen molar-refractivity contribution in [3.8, 4) is 17.2 Å². The number of hydrogen-bond acceptors (Lipinski definition) is 8. The van der Waals surface area contributed by atoms with E-state index in [-0.39, 0.29) is 19.0 Å². The maximum absolute atomic E-state index is 13.8. The highest BCUT2D eigenvalue weighted by Crippen LogP contribution is 2.38. The van der Waals surface area contributed by atoms with E-state index in [1.165, 1.54) is 11.3 Å². The zero-order valence-electron chi connectivity index (χ0n) is 19.5. The Bertz CT molecular complexity index is 1580. The van der Waals surface area contributed by atoms with Gasteiger partial charge in [-0.2, -0.15) is 0 Å². The minimum atomic E-state index is -0.715. The Kier molecular flexibility index (Phi) is 7.14. The molecule has 1 aromatic heterocycles. The van der Waals surface area contributed by atoms with Crippen molar-refractivity contribution in [2.45, 2.75) is 19.9 Å². The van der Waals surface area contributed by atoms with E-state index < -0.39 is 12.0 Å². The molecule has 186 valence electrons. The second-order valence-corrected chi connectivity index (χ2v) is 11.3. The first kappa shape index (κ1) is 25.3. The number of ether oxygens (including phenoxy) is 4. The molecule has 36 heavy (non-hydrogen) atoms. The Hall–Kier alpha value is -2.39. The normalized spacial score (nSPS) is 16.6. The van der Waals surface area contributed by atoms with Gasteiger partial charge in [-0.15, -0.1) is 0 Å². The Morgan fingerprint density at radius 2 is 1.94 bits per heavy atom. The number of allylic oxidation sites excluding steroid dienone is 1. The number of fused-ring (bicyclic) bond motifs is 2. The van der Waals surface area contributed by atoms with Crippen molar-refractivity contribution in [2.24, 2.45) is 4.99 Å². The molecule has 0 spiro atoms. The van der Waals surface area contributed by atoms with Crippen molar-refractivity contribution in [3.05, 3.63) is 79.6 Å². The van der Waals surface area contributed by atoms with E-state index in [4.69, 9.17) is 18.9 Å². The molecular formula is C25H20I2N2O6S. The zero-order chi connectivity index (χ0) is 25.6. The van der Waals surface area contributed by atoms with Gasteiger partial charge in [-0.1, -0.05) is 17.4 Å². The van der Waals surface area contributed by atoms with Crippen molar-refractivity contribution in [3.63, 3.8) is 0 Å². The Balaban J connectivity index is 1.71. The molecule has 0 amide bonds. The summed E-state index contributed by atoms with van der Waals surface area (Å²) in [5.41, 5.74) is 2.17. The van der Waals surface area contributed by atoms with Crippen LogP contribution in [-0.4, -0.2) is 31.0 Å². The fourth-order valence-corrected chi connectivity index (χ4v) is 7.50. The van der Waals surface area contributed by atoms with Gasteiger partial charge >= 0.3 is 5.97 Å². The molecule has 1 unspecified atom stereocenters. The van der Waals surface area contributed by atoms with Gasteiger partial charge in [-0.25, -0.2) is 9.79 Å². The predicted molar refractivity (Wildman–Crippen MR) is 151 cm³/mol. The molecule has 2 aromatic carbocycles. The second kappa shape index (κ2) is 10.2. The van der Waals surface area contributed by atoms with Crippen LogP contribution in [0.4, 0.5) is 0 Å². The third-order valence-corrected chi connectivity index (χ3v) is 8.34. The molecule has 1 atom stereocenters. The van der Waals surface area contributed by atoms with Crippen LogP contribution in [-0.2, 0) is 9.53 Å². The van der Waals surface area contributed by atoms with E-state index in [1.807, 2.05) is 24.3 Å². The number of thiazole rings is 1. The summed E-state index contributed by atoms with van der Waals surface area (Å²) in [5.74, 6) is 1.48. The van der Waals surface area contributed by atoms with Crippen LogP contribution < -0.4 is 29.1 Å². The molecule has 0 fully saturated rings. The summed E-state index contributed by atoms with van der Waals surface area (Å²) < 4.78 is 25.8. The lowest BCUT2D eigenvalue weighted by molar-refractivity contribution is -0.139. The maximum Gasteiger partial charge on any atom is 0.338 e. The topological polar surface area (TPSA) is 88.4 Å². The molecule has 3 heterocycles. The van der Waals surface area contributed by atoms with Crippen LogP contribution in [0.2, 0.25) is 0 Å². The number of esters is 1. The molecule has 0 radical (unpaired) electrons. The van der Waals surface area contributed by atoms with Gasteiger partial charge in [-0.3, -0.25) is 9.36 Å².